The second kappa shape index (κ2) is 7.84. The fourth-order valence-corrected chi connectivity index (χ4v) is 3.71. The number of aromatic nitrogens is 3. The Morgan fingerprint density at radius 2 is 1.17 bits per heavy atom. The summed E-state index contributed by atoms with van der Waals surface area (Å²) in [5.74, 6) is 0.169. The molecule has 0 fully saturated rings. The van der Waals surface area contributed by atoms with Crippen LogP contribution in [0.4, 0.5) is 0 Å². The van der Waals surface area contributed by atoms with Crippen LogP contribution in [0.2, 0.25) is 0 Å². The zero-order chi connectivity index (χ0) is 20.3. The maximum Gasteiger partial charge on any atom is 0.219 e. The van der Waals surface area contributed by atoms with E-state index in [9.17, 15) is 5.11 Å². The fourth-order valence-electron chi connectivity index (χ4n) is 3.71. The third kappa shape index (κ3) is 3.55. The van der Waals surface area contributed by atoms with Gasteiger partial charge in [0, 0.05) is 24.6 Å². The number of hydrogen-bond donors (Lipinski definition) is 1. The first-order valence-corrected chi connectivity index (χ1v) is 10.0. The molecule has 0 aliphatic heterocycles. The Morgan fingerprint density at radius 1 is 0.633 bits per heavy atom. The van der Waals surface area contributed by atoms with Gasteiger partial charge in [0.25, 0.3) is 0 Å². The number of fused-ring (bicyclic) bond motifs is 1. The SMILES string of the molecule is Oc1c(Cc2ccccc2)nc2c(Cc3ccccc3)nc(-c3ccccc3)cn12. The van der Waals surface area contributed by atoms with Crippen LogP contribution in [0.25, 0.3) is 16.9 Å². The van der Waals surface area contributed by atoms with E-state index in [0.29, 0.717) is 24.2 Å². The van der Waals surface area contributed by atoms with Crippen molar-refractivity contribution in [3.63, 3.8) is 0 Å². The highest BCUT2D eigenvalue weighted by molar-refractivity contribution is 5.63. The molecule has 0 amide bonds. The maximum atomic E-state index is 11.0. The maximum absolute atomic E-state index is 11.0. The quantitative estimate of drug-likeness (QED) is 0.443. The number of rotatable bonds is 5. The summed E-state index contributed by atoms with van der Waals surface area (Å²) in [6.07, 6.45) is 3.09. The van der Waals surface area contributed by atoms with Crippen LogP contribution in [0.15, 0.2) is 97.2 Å². The highest BCUT2D eigenvalue weighted by Crippen LogP contribution is 2.28. The van der Waals surface area contributed by atoms with Crippen LogP contribution >= 0.6 is 0 Å². The Balaban J connectivity index is 1.66. The Labute approximate surface area is 175 Å². The van der Waals surface area contributed by atoms with Gasteiger partial charge in [-0.05, 0) is 11.1 Å². The largest absolute Gasteiger partial charge is 0.493 e. The molecule has 4 nitrogen and oxygen atoms in total. The number of benzene rings is 3. The molecular formula is C26H21N3O. The molecule has 0 saturated carbocycles. The molecule has 5 rings (SSSR count). The molecule has 2 aromatic heterocycles. The van der Waals surface area contributed by atoms with E-state index in [2.05, 4.69) is 12.1 Å². The van der Waals surface area contributed by atoms with E-state index in [4.69, 9.17) is 9.97 Å². The van der Waals surface area contributed by atoms with E-state index in [1.807, 2.05) is 85.1 Å². The van der Waals surface area contributed by atoms with Crippen molar-refractivity contribution >= 4 is 5.65 Å². The van der Waals surface area contributed by atoms with Gasteiger partial charge < -0.3 is 5.11 Å². The van der Waals surface area contributed by atoms with Crippen LogP contribution in [0.3, 0.4) is 0 Å². The van der Waals surface area contributed by atoms with Gasteiger partial charge in [0.2, 0.25) is 5.88 Å². The number of nitrogens with zero attached hydrogens (tertiary/aromatic N) is 3. The third-order valence-corrected chi connectivity index (χ3v) is 5.22. The molecule has 0 atom stereocenters. The molecule has 0 unspecified atom stereocenters. The predicted octanol–water partition coefficient (Wildman–Crippen LogP) is 5.28. The van der Waals surface area contributed by atoms with Crippen molar-refractivity contribution in [1.29, 1.82) is 0 Å². The molecule has 1 N–H and O–H groups in total. The minimum atomic E-state index is 0.169. The third-order valence-electron chi connectivity index (χ3n) is 5.22. The minimum absolute atomic E-state index is 0.169. The van der Waals surface area contributed by atoms with Crippen molar-refractivity contribution in [3.05, 3.63) is 120 Å². The van der Waals surface area contributed by atoms with Gasteiger partial charge in [0.05, 0.1) is 11.4 Å². The van der Waals surface area contributed by atoms with Gasteiger partial charge in [0.1, 0.15) is 5.69 Å². The molecular weight excluding hydrogens is 370 g/mol. The lowest BCUT2D eigenvalue weighted by molar-refractivity contribution is 0.442. The summed E-state index contributed by atoms with van der Waals surface area (Å²) < 4.78 is 1.77. The first-order chi connectivity index (χ1) is 14.8. The summed E-state index contributed by atoms with van der Waals surface area (Å²) >= 11 is 0. The van der Waals surface area contributed by atoms with Crippen molar-refractivity contribution in [3.8, 4) is 17.1 Å². The van der Waals surface area contributed by atoms with Crippen molar-refractivity contribution in [2.24, 2.45) is 0 Å². The van der Waals surface area contributed by atoms with Crippen molar-refractivity contribution < 1.29 is 5.11 Å². The first kappa shape index (κ1) is 18.1. The second-order valence-corrected chi connectivity index (χ2v) is 7.34. The first-order valence-electron chi connectivity index (χ1n) is 10.0. The Kier molecular flexibility index (Phi) is 4.74. The summed E-state index contributed by atoms with van der Waals surface area (Å²) in [6.45, 7) is 0. The molecule has 30 heavy (non-hydrogen) atoms. The van der Waals surface area contributed by atoms with Crippen molar-refractivity contribution in [2.75, 3.05) is 0 Å². The van der Waals surface area contributed by atoms with Crippen molar-refractivity contribution in [2.45, 2.75) is 12.8 Å². The van der Waals surface area contributed by atoms with Crippen LogP contribution in [-0.2, 0) is 12.8 Å². The average Bonchev–Trinajstić information content (AvgIpc) is 3.11. The van der Waals surface area contributed by atoms with Gasteiger partial charge in [0.15, 0.2) is 5.65 Å². The molecule has 0 bridgehead atoms. The molecule has 4 heteroatoms. The van der Waals surface area contributed by atoms with Crippen LogP contribution in [-0.4, -0.2) is 19.5 Å². The molecule has 0 spiro atoms. The molecule has 146 valence electrons. The predicted molar refractivity (Wildman–Crippen MR) is 119 cm³/mol. The zero-order valence-electron chi connectivity index (χ0n) is 16.4. The highest BCUT2D eigenvalue weighted by atomic mass is 16.3. The van der Waals surface area contributed by atoms with Gasteiger partial charge in [-0.3, -0.25) is 4.40 Å². The van der Waals surface area contributed by atoms with Crippen LogP contribution < -0.4 is 0 Å². The highest BCUT2D eigenvalue weighted by Gasteiger charge is 2.17. The molecule has 0 aliphatic carbocycles. The van der Waals surface area contributed by atoms with Crippen LogP contribution in [0.5, 0.6) is 5.88 Å². The van der Waals surface area contributed by atoms with Crippen LogP contribution in [0.1, 0.15) is 22.5 Å². The topological polar surface area (TPSA) is 50.4 Å². The van der Waals surface area contributed by atoms with Gasteiger partial charge in [-0.2, -0.15) is 0 Å². The van der Waals surface area contributed by atoms with Crippen molar-refractivity contribution in [1.82, 2.24) is 14.4 Å². The van der Waals surface area contributed by atoms with Gasteiger partial charge in [-0.1, -0.05) is 91.0 Å². The summed E-state index contributed by atoms with van der Waals surface area (Å²) in [6, 6.07) is 30.3. The minimum Gasteiger partial charge on any atom is -0.493 e. The summed E-state index contributed by atoms with van der Waals surface area (Å²) in [4.78, 5) is 9.72. The Bertz CT molecular complexity index is 1280. The number of aromatic hydroxyl groups is 1. The van der Waals surface area contributed by atoms with Gasteiger partial charge in [-0.25, -0.2) is 9.97 Å². The Morgan fingerprint density at radius 3 is 1.77 bits per heavy atom. The van der Waals surface area contributed by atoms with Crippen LogP contribution in [0, 0.1) is 0 Å². The zero-order valence-corrected chi connectivity index (χ0v) is 16.4. The second-order valence-electron chi connectivity index (χ2n) is 7.34. The lowest BCUT2D eigenvalue weighted by Crippen LogP contribution is -2.00. The van der Waals surface area contributed by atoms with E-state index >= 15 is 0 Å². The lowest BCUT2D eigenvalue weighted by atomic mass is 10.1. The van der Waals surface area contributed by atoms with E-state index in [1.54, 1.807) is 4.40 Å². The standard InChI is InChI=1S/C26H21N3O/c30-26-23(17-20-12-6-2-7-13-20)28-25-22(16-19-10-4-1-5-11-19)27-24(18-29(25)26)21-14-8-3-9-15-21/h1-15,18,30H,16-17H2. The number of hydrogen-bond acceptors (Lipinski definition) is 3. The monoisotopic (exact) mass is 391 g/mol. The Hall–Kier alpha value is -3.92. The summed E-state index contributed by atoms with van der Waals surface area (Å²) in [5.41, 5.74) is 6.28. The van der Waals surface area contributed by atoms with E-state index in [-0.39, 0.29) is 5.88 Å². The fraction of sp³-hybridized carbons (Fsp3) is 0.0769. The normalized spacial score (nSPS) is 11.1. The van der Waals surface area contributed by atoms with E-state index < -0.39 is 0 Å². The average molecular weight is 391 g/mol. The van der Waals surface area contributed by atoms with E-state index in [0.717, 1.165) is 28.1 Å². The molecule has 2 heterocycles. The lowest BCUT2D eigenvalue weighted by Gasteiger charge is -2.08. The molecule has 3 aromatic carbocycles. The van der Waals surface area contributed by atoms with Gasteiger partial charge >= 0.3 is 0 Å². The summed E-state index contributed by atoms with van der Waals surface area (Å²) in [5, 5.41) is 11.0. The molecule has 0 aliphatic rings. The molecule has 5 aromatic rings. The smallest absolute Gasteiger partial charge is 0.219 e. The number of imidazole rings is 1. The van der Waals surface area contributed by atoms with Gasteiger partial charge in [-0.15, -0.1) is 0 Å². The van der Waals surface area contributed by atoms with E-state index in [1.165, 1.54) is 0 Å². The molecule has 0 saturated heterocycles. The molecule has 0 radical (unpaired) electrons. The summed E-state index contributed by atoms with van der Waals surface area (Å²) in [7, 11) is 0.